The molecule has 166 valence electrons. The fourth-order valence-electron chi connectivity index (χ4n) is 4.41. The zero-order valence-corrected chi connectivity index (χ0v) is 18.4. The maximum atomic E-state index is 13.2. The van der Waals surface area contributed by atoms with E-state index in [9.17, 15) is 9.59 Å². The molecule has 1 aliphatic heterocycles. The summed E-state index contributed by atoms with van der Waals surface area (Å²) in [5, 5.41) is 4.28. The molecule has 1 fully saturated rings. The molecule has 2 amide bonds. The molecule has 0 bridgehead atoms. The zero-order chi connectivity index (χ0) is 22.7. The van der Waals surface area contributed by atoms with Crippen LogP contribution in [-0.2, 0) is 11.2 Å². The Morgan fingerprint density at radius 3 is 2.59 bits per heavy atom. The Morgan fingerprint density at radius 2 is 1.91 bits per heavy atom. The van der Waals surface area contributed by atoms with Crippen LogP contribution in [0.1, 0.15) is 48.7 Å². The van der Waals surface area contributed by atoms with Gasteiger partial charge in [0, 0.05) is 43.3 Å². The first-order chi connectivity index (χ1) is 15.4. The van der Waals surface area contributed by atoms with Crippen molar-refractivity contribution in [2.75, 3.05) is 13.1 Å². The van der Waals surface area contributed by atoms with Crippen molar-refractivity contribution in [3.63, 3.8) is 0 Å². The number of carbonyl (C=O) groups excluding carboxylic acids is 2. The number of nitrogens with two attached hydrogens (primary N) is 1. The van der Waals surface area contributed by atoms with Crippen LogP contribution in [-0.4, -0.2) is 49.6 Å². The maximum Gasteiger partial charge on any atom is 0.257 e. The third-order valence-electron chi connectivity index (χ3n) is 6.18. The molecule has 2 N–H and O–H groups in total. The molecule has 0 radical (unpaired) electrons. The lowest BCUT2D eigenvalue weighted by Crippen LogP contribution is -2.53. The minimum atomic E-state index is -0.840. The van der Waals surface area contributed by atoms with Crippen LogP contribution in [0.15, 0.2) is 55.4 Å². The molecule has 0 aliphatic carbocycles. The first-order valence-electron chi connectivity index (χ1n) is 10.9. The number of primary amides is 1. The van der Waals surface area contributed by atoms with Gasteiger partial charge in [-0.2, -0.15) is 5.10 Å². The maximum absolute atomic E-state index is 13.2. The quantitative estimate of drug-likeness (QED) is 0.644. The minimum absolute atomic E-state index is 0.119. The van der Waals surface area contributed by atoms with E-state index < -0.39 is 5.41 Å². The number of carbonyl (C=O) groups is 2. The summed E-state index contributed by atoms with van der Waals surface area (Å²) in [4.78, 5) is 35.9. The number of piperidine rings is 1. The van der Waals surface area contributed by atoms with Crippen LogP contribution in [0, 0.1) is 5.41 Å². The molecule has 1 atom stereocenters. The number of benzene rings is 1. The molecule has 32 heavy (non-hydrogen) atoms. The second kappa shape index (κ2) is 8.90. The van der Waals surface area contributed by atoms with Gasteiger partial charge in [0.05, 0.1) is 17.2 Å². The Labute approximate surface area is 187 Å². The van der Waals surface area contributed by atoms with Crippen LogP contribution in [0.5, 0.6) is 0 Å². The number of nitrogens with zero attached hydrogens (tertiary/aromatic N) is 5. The van der Waals surface area contributed by atoms with Gasteiger partial charge in [-0.05, 0) is 44.2 Å². The number of likely N-dealkylation sites (tertiary alicyclic amines) is 1. The lowest BCUT2D eigenvalue weighted by Gasteiger charge is -2.41. The molecule has 0 spiro atoms. The lowest BCUT2D eigenvalue weighted by molar-refractivity contribution is -0.130. The Balaban J connectivity index is 1.62. The van der Waals surface area contributed by atoms with Gasteiger partial charge in [-0.25, -0.2) is 9.97 Å². The lowest BCUT2D eigenvalue weighted by atomic mass is 9.73. The molecular formula is C24H28N6O2. The van der Waals surface area contributed by atoms with Crippen LogP contribution in [0.2, 0.25) is 0 Å². The predicted octanol–water partition coefficient (Wildman–Crippen LogP) is 2.87. The molecule has 4 rings (SSSR count). The summed E-state index contributed by atoms with van der Waals surface area (Å²) in [6.45, 7) is 4.90. The molecular weight excluding hydrogens is 404 g/mol. The van der Waals surface area contributed by atoms with Crippen LogP contribution >= 0.6 is 0 Å². The smallest absolute Gasteiger partial charge is 0.257 e. The number of aromatic nitrogens is 4. The SMILES string of the molecule is CC(C)n1cc(C(=O)N2CCC[C@](Cc3ccccc3-c3cncnc3)(C(N)=O)C2)cn1. The van der Waals surface area contributed by atoms with Crippen molar-refractivity contribution in [1.82, 2.24) is 24.6 Å². The molecule has 0 saturated carbocycles. The normalized spacial score (nSPS) is 18.7. The Morgan fingerprint density at radius 1 is 1.16 bits per heavy atom. The standard InChI is InChI=1S/C24H28N6O2/c1-17(2)30-14-20(13-28-30)22(31)29-9-5-8-24(15-29,23(25)32)10-18-6-3-4-7-21(18)19-11-26-16-27-12-19/h3-4,6-7,11-14,16-17H,5,8-10,15H2,1-2H3,(H2,25,32)/t24-/m1/s1. The largest absolute Gasteiger partial charge is 0.369 e. The molecule has 2 aromatic heterocycles. The van der Waals surface area contributed by atoms with Gasteiger partial charge in [0.15, 0.2) is 0 Å². The van der Waals surface area contributed by atoms with Gasteiger partial charge >= 0.3 is 0 Å². The highest BCUT2D eigenvalue weighted by atomic mass is 16.2. The summed E-state index contributed by atoms with van der Waals surface area (Å²) in [6.07, 6.45) is 10.1. The molecule has 8 heteroatoms. The Bertz CT molecular complexity index is 1110. The summed E-state index contributed by atoms with van der Waals surface area (Å²) in [5.41, 5.74) is 8.49. The number of hydrogen-bond acceptors (Lipinski definition) is 5. The van der Waals surface area contributed by atoms with Crippen molar-refractivity contribution < 1.29 is 9.59 Å². The van der Waals surface area contributed by atoms with E-state index in [-0.39, 0.29) is 24.4 Å². The van der Waals surface area contributed by atoms with Crippen LogP contribution in [0.3, 0.4) is 0 Å². The van der Waals surface area contributed by atoms with Gasteiger partial charge in [-0.1, -0.05) is 24.3 Å². The average molecular weight is 433 g/mol. The monoisotopic (exact) mass is 432 g/mol. The van der Waals surface area contributed by atoms with Crippen molar-refractivity contribution in [2.24, 2.45) is 11.1 Å². The van der Waals surface area contributed by atoms with Gasteiger partial charge in [-0.3, -0.25) is 14.3 Å². The fourth-order valence-corrected chi connectivity index (χ4v) is 4.41. The van der Waals surface area contributed by atoms with Crippen molar-refractivity contribution in [2.45, 2.75) is 39.2 Å². The van der Waals surface area contributed by atoms with E-state index in [1.54, 1.807) is 34.4 Å². The molecule has 1 saturated heterocycles. The van der Waals surface area contributed by atoms with Gasteiger partial charge in [0.2, 0.25) is 5.91 Å². The van der Waals surface area contributed by atoms with E-state index in [2.05, 4.69) is 15.1 Å². The van der Waals surface area contributed by atoms with E-state index in [1.165, 1.54) is 6.33 Å². The van der Waals surface area contributed by atoms with E-state index in [0.29, 0.717) is 31.4 Å². The summed E-state index contributed by atoms with van der Waals surface area (Å²) < 4.78 is 1.76. The van der Waals surface area contributed by atoms with E-state index in [1.807, 2.05) is 38.1 Å². The molecule has 0 unspecified atom stereocenters. The summed E-state index contributed by atoms with van der Waals surface area (Å²) in [7, 11) is 0. The van der Waals surface area contributed by atoms with Crippen molar-refractivity contribution >= 4 is 11.8 Å². The molecule has 1 aromatic carbocycles. The molecule has 8 nitrogen and oxygen atoms in total. The number of hydrogen-bond donors (Lipinski definition) is 1. The third kappa shape index (κ3) is 4.26. The average Bonchev–Trinajstić information content (AvgIpc) is 3.30. The molecule has 3 aromatic rings. The van der Waals surface area contributed by atoms with Crippen LogP contribution < -0.4 is 5.73 Å². The third-order valence-corrected chi connectivity index (χ3v) is 6.18. The van der Waals surface area contributed by atoms with Crippen LogP contribution in [0.4, 0.5) is 0 Å². The highest BCUT2D eigenvalue weighted by molar-refractivity contribution is 5.94. The van der Waals surface area contributed by atoms with Crippen molar-refractivity contribution in [3.05, 3.63) is 66.5 Å². The van der Waals surface area contributed by atoms with E-state index in [4.69, 9.17) is 5.73 Å². The second-order valence-electron chi connectivity index (χ2n) is 8.74. The van der Waals surface area contributed by atoms with Crippen LogP contribution in [0.25, 0.3) is 11.1 Å². The minimum Gasteiger partial charge on any atom is -0.369 e. The predicted molar refractivity (Wildman–Crippen MR) is 121 cm³/mol. The van der Waals surface area contributed by atoms with E-state index >= 15 is 0 Å². The number of amides is 2. The summed E-state index contributed by atoms with van der Waals surface area (Å²) in [5.74, 6) is -0.501. The van der Waals surface area contributed by atoms with Crippen molar-refractivity contribution in [3.8, 4) is 11.1 Å². The Hall–Kier alpha value is -3.55. The zero-order valence-electron chi connectivity index (χ0n) is 18.4. The number of rotatable bonds is 6. The fraction of sp³-hybridized carbons (Fsp3) is 0.375. The summed E-state index contributed by atoms with van der Waals surface area (Å²) in [6, 6.07) is 8.06. The first-order valence-corrected chi connectivity index (χ1v) is 10.9. The second-order valence-corrected chi connectivity index (χ2v) is 8.74. The highest BCUT2D eigenvalue weighted by Crippen LogP contribution is 2.37. The van der Waals surface area contributed by atoms with Gasteiger partial charge in [0.25, 0.3) is 5.91 Å². The summed E-state index contributed by atoms with van der Waals surface area (Å²) >= 11 is 0. The topological polar surface area (TPSA) is 107 Å². The first kappa shape index (κ1) is 21.7. The van der Waals surface area contributed by atoms with Gasteiger partial charge < -0.3 is 10.6 Å². The highest BCUT2D eigenvalue weighted by Gasteiger charge is 2.43. The Kier molecular flexibility index (Phi) is 6.03. The van der Waals surface area contributed by atoms with Crippen molar-refractivity contribution in [1.29, 1.82) is 0 Å². The van der Waals surface area contributed by atoms with Gasteiger partial charge in [-0.15, -0.1) is 0 Å². The van der Waals surface area contributed by atoms with Gasteiger partial charge in [0.1, 0.15) is 6.33 Å². The van der Waals surface area contributed by atoms with E-state index in [0.717, 1.165) is 16.7 Å². The molecule has 1 aliphatic rings. The molecule has 3 heterocycles.